The Balaban J connectivity index is 0.00000364. The van der Waals surface area contributed by atoms with E-state index in [-0.39, 0.29) is 24.0 Å². The van der Waals surface area contributed by atoms with E-state index in [1.807, 2.05) is 37.0 Å². The van der Waals surface area contributed by atoms with Crippen LogP contribution in [0.5, 0.6) is 0 Å². The summed E-state index contributed by atoms with van der Waals surface area (Å²) in [6.07, 6.45) is 11.9. The highest BCUT2D eigenvalue weighted by Crippen LogP contribution is 2.08. The first kappa shape index (κ1) is 23.4. The molecule has 150 valence electrons. The molecule has 0 saturated carbocycles. The van der Waals surface area contributed by atoms with Crippen LogP contribution in [0.1, 0.15) is 57.3 Å². The number of imidazole rings is 1. The van der Waals surface area contributed by atoms with Crippen LogP contribution in [0.15, 0.2) is 35.7 Å². The minimum Gasteiger partial charge on any atom is -0.354 e. The highest BCUT2D eigenvalue weighted by atomic mass is 127. The predicted octanol–water partition coefficient (Wildman–Crippen LogP) is 4.22. The Morgan fingerprint density at radius 1 is 1.22 bits per heavy atom. The van der Waals surface area contributed by atoms with Crippen LogP contribution in [0.4, 0.5) is 0 Å². The van der Waals surface area contributed by atoms with Crippen molar-refractivity contribution in [2.75, 3.05) is 7.05 Å². The topological polar surface area (TPSA) is 67.1 Å². The second-order valence-corrected chi connectivity index (χ2v) is 6.69. The molecular formula is C20H33IN6. The smallest absolute Gasteiger partial charge is 0.191 e. The molecule has 1 atom stereocenters. The maximum Gasteiger partial charge on any atom is 0.191 e. The van der Waals surface area contributed by atoms with Crippen LogP contribution in [0.3, 0.4) is 0 Å². The summed E-state index contributed by atoms with van der Waals surface area (Å²) < 4.78 is 1.97. The lowest BCUT2D eigenvalue weighted by Crippen LogP contribution is -2.41. The second-order valence-electron chi connectivity index (χ2n) is 6.69. The molecule has 2 rings (SSSR count). The van der Waals surface area contributed by atoms with Crippen molar-refractivity contribution >= 4 is 29.9 Å². The molecule has 2 aromatic rings. The largest absolute Gasteiger partial charge is 0.354 e. The standard InChI is InChI=1S/C20H32N6.HI/c1-5-6-7-8-9-16(2)25-20(21-4)24-15-18-10-11-19(23-14-18)26-13-12-22-17(26)3;/h10-14,16H,5-9,15H2,1-4H3,(H2,21,24,25);1H. The molecule has 2 heterocycles. The van der Waals surface area contributed by atoms with Gasteiger partial charge in [-0.1, -0.05) is 38.7 Å². The van der Waals surface area contributed by atoms with Crippen LogP contribution >= 0.6 is 24.0 Å². The maximum absolute atomic E-state index is 4.53. The first-order chi connectivity index (χ1) is 12.6. The molecule has 2 aromatic heterocycles. The predicted molar refractivity (Wildman–Crippen MR) is 123 cm³/mol. The van der Waals surface area contributed by atoms with E-state index in [0.717, 1.165) is 23.2 Å². The first-order valence-corrected chi connectivity index (χ1v) is 9.56. The zero-order valence-corrected chi connectivity index (χ0v) is 19.2. The van der Waals surface area contributed by atoms with Gasteiger partial charge in [0.1, 0.15) is 11.6 Å². The fraction of sp³-hybridized carbons (Fsp3) is 0.550. The molecular weight excluding hydrogens is 451 g/mol. The molecule has 0 amide bonds. The third-order valence-electron chi connectivity index (χ3n) is 4.44. The van der Waals surface area contributed by atoms with E-state index in [2.05, 4.69) is 45.5 Å². The van der Waals surface area contributed by atoms with E-state index in [4.69, 9.17) is 0 Å². The molecule has 0 bridgehead atoms. The van der Waals surface area contributed by atoms with E-state index >= 15 is 0 Å². The van der Waals surface area contributed by atoms with Gasteiger partial charge in [0.05, 0.1) is 0 Å². The zero-order chi connectivity index (χ0) is 18.8. The van der Waals surface area contributed by atoms with Gasteiger partial charge in [0.25, 0.3) is 0 Å². The van der Waals surface area contributed by atoms with E-state index in [0.29, 0.717) is 12.6 Å². The van der Waals surface area contributed by atoms with Crippen LogP contribution < -0.4 is 10.6 Å². The lowest BCUT2D eigenvalue weighted by molar-refractivity contribution is 0.537. The highest BCUT2D eigenvalue weighted by Gasteiger charge is 2.06. The second kappa shape index (κ2) is 12.7. The van der Waals surface area contributed by atoms with Gasteiger partial charge >= 0.3 is 0 Å². The molecule has 0 aliphatic heterocycles. The lowest BCUT2D eigenvalue weighted by Gasteiger charge is -2.18. The number of hydrogen-bond acceptors (Lipinski definition) is 3. The minimum atomic E-state index is 0. The molecule has 0 aliphatic rings. The summed E-state index contributed by atoms with van der Waals surface area (Å²) in [5, 5.41) is 6.82. The van der Waals surface area contributed by atoms with Crippen LogP contribution in [-0.2, 0) is 6.54 Å². The van der Waals surface area contributed by atoms with Gasteiger partial charge in [0.15, 0.2) is 5.96 Å². The number of aryl methyl sites for hydroxylation is 1. The van der Waals surface area contributed by atoms with Gasteiger partial charge in [-0.25, -0.2) is 9.97 Å². The molecule has 1 unspecified atom stereocenters. The number of aromatic nitrogens is 3. The molecule has 0 saturated heterocycles. The first-order valence-electron chi connectivity index (χ1n) is 9.56. The van der Waals surface area contributed by atoms with Crippen molar-refractivity contribution in [1.82, 2.24) is 25.2 Å². The van der Waals surface area contributed by atoms with Crippen molar-refractivity contribution in [2.24, 2.45) is 4.99 Å². The number of aliphatic imine (C=N–C) groups is 1. The quantitative estimate of drug-likeness (QED) is 0.242. The van der Waals surface area contributed by atoms with E-state index in [9.17, 15) is 0 Å². The Labute approximate surface area is 180 Å². The summed E-state index contributed by atoms with van der Waals surface area (Å²) in [5.74, 6) is 2.65. The number of guanidine groups is 1. The van der Waals surface area contributed by atoms with E-state index in [1.165, 1.54) is 32.1 Å². The molecule has 6 nitrogen and oxygen atoms in total. The summed E-state index contributed by atoms with van der Waals surface area (Å²) in [6, 6.07) is 4.51. The van der Waals surface area contributed by atoms with Gasteiger partial charge in [0, 0.05) is 38.2 Å². The monoisotopic (exact) mass is 484 g/mol. The number of unbranched alkanes of at least 4 members (excludes halogenated alkanes) is 3. The number of nitrogens with zero attached hydrogens (tertiary/aromatic N) is 4. The van der Waals surface area contributed by atoms with Gasteiger partial charge in [-0.05, 0) is 31.9 Å². The van der Waals surface area contributed by atoms with Gasteiger partial charge < -0.3 is 10.6 Å². The van der Waals surface area contributed by atoms with Crippen molar-refractivity contribution in [3.05, 3.63) is 42.1 Å². The third-order valence-corrected chi connectivity index (χ3v) is 4.44. The Morgan fingerprint density at radius 2 is 2.04 bits per heavy atom. The van der Waals surface area contributed by atoms with E-state index < -0.39 is 0 Å². The van der Waals surface area contributed by atoms with Crippen LogP contribution in [0.25, 0.3) is 5.82 Å². The highest BCUT2D eigenvalue weighted by molar-refractivity contribution is 14.0. The minimum absolute atomic E-state index is 0. The van der Waals surface area contributed by atoms with Gasteiger partial charge in [-0.15, -0.1) is 24.0 Å². The van der Waals surface area contributed by atoms with Crippen LogP contribution in [0, 0.1) is 6.92 Å². The lowest BCUT2D eigenvalue weighted by atomic mass is 10.1. The summed E-state index contributed by atoms with van der Waals surface area (Å²) in [6.45, 7) is 7.11. The number of pyridine rings is 1. The Bertz CT molecular complexity index is 680. The normalized spacial score (nSPS) is 12.4. The Kier molecular flexibility index (Phi) is 11.0. The van der Waals surface area contributed by atoms with Crippen molar-refractivity contribution in [2.45, 2.75) is 65.5 Å². The number of rotatable bonds is 9. The number of hydrogen-bond donors (Lipinski definition) is 2. The summed E-state index contributed by atoms with van der Waals surface area (Å²) in [7, 11) is 1.81. The average Bonchev–Trinajstić information content (AvgIpc) is 3.08. The third kappa shape index (κ3) is 7.86. The maximum atomic E-state index is 4.53. The Hall–Kier alpha value is -1.64. The number of nitrogens with one attached hydrogen (secondary N) is 2. The molecule has 7 heteroatoms. The van der Waals surface area contributed by atoms with Crippen molar-refractivity contribution in [3.63, 3.8) is 0 Å². The fourth-order valence-electron chi connectivity index (χ4n) is 2.85. The van der Waals surface area contributed by atoms with E-state index in [1.54, 1.807) is 6.20 Å². The Morgan fingerprint density at radius 3 is 2.63 bits per heavy atom. The average molecular weight is 484 g/mol. The zero-order valence-electron chi connectivity index (χ0n) is 16.9. The summed E-state index contributed by atoms with van der Waals surface area (Å²) >= 11 is 0. The van der Waals surface area contributed by atoms with Crippen molar-refractivity contribution in [1.29, 1.82) is 0 Å². The molecule has 0 aliphatic carbocycles. The van der Waals surface area contributed by atoms with Crippen LogP contribution in [0.2, 0.25) is 0 Å². The SMILES string of the molecule is CCCCCCC(C)NC(=NC)NCc1ccc(-n2ccnc2C)nc1.I. The van der Waals surface area contributed by atoms with Crippen LogP contribution in [-0.4, -0.2) is 33.6 Å². The van der Waals surface area contributed by atoms with Crippen molar-refractivity contribution in [3.8, 4) is 5.82 Å². The molecule has 0 radical (unpaired) electrons. The van der Waals surface area contributed by atoms with Gasteiger partial charge in [-0.3, -0.25) is 9.56 Å². The molecule has 27 heavy (non-hydrogen) atoms. The summed E-state index contributed by atoms with van der Waals surface area (Å²) in [5.41, 5.74) is 1.12. The molecule has 0 aromatic carbocycles. The number of halogens is 1. The molecule has 0 fully saturated rings. The fourth-order valence-corrected chi connectivity index (χ4v) is 2.85. The van der Waals surface area contributed by atoms with Gasteiger partial charge in [0.2, 0.25) is 0 Å². The molecule has 2 N–H and O–H groups in total. The summed E-state index contributed by atoms with van der Waals surface area (Å²) in [4.78, 5) is 13.1. The molecule has 0 spiro atoms. The van der Waals surface area contributed by atoms with Gasteiger partial charge in [-0.2, -0.15) is 0 Å². The van der Waals surface area contributed by atoms with Crippen molar-refractivity contribution < 1.29 is 0 Å².